The molecular formula is C13H15ClFNO. The molecule has 17 heavy (non-hydrogen) atoms. The lowest BCUT2D eigenvalue weighted by Gasteiger charge is -2.25. The Hall–Kier alpha value is -1.09. The van der Waals surface area contributed by atoms with Crippen molar-refractivity contribution in [2.45, 2.75) is 31.2 Å². The normalized spacial score (nSPS) is 21.1. The third kappa shape index (κ3) is 2.97. The molecule has 2 nitrogen and oxygen atoms in total. The average Bonchev–Trinajstić information content (AvgIpc) is 2.54. The van der Waals surface area contributed by atoms with Gasteiger partial charge >= 0.3 is 0 Å². The highest BCUT2D eigenvalue weighted by atomic mass is 35.5. The van der Waals surface area contributed by atoms with Gasteiger partial charge in [0, 0.05) is 12.1 Å². The van der Waals surface area contributed by atoms with E-state index in [-0.39, 0.29) is 17.2 Å². The fourth-order valence-corrected chi connectivity index (χ4v) is 2.40. The van der Waals surface area contributed by atoms with Crippen molar-refractivity contribution in [3.63, 3.8) is 0 Å². The van der Waals surface area contributed by atoms with E-state index in [1.54, 1.807) is 4.90 Å². The molecule has 0 aliphatic carbocycles. The van der Waals surface area contributed by atoms with Crippen LogP contribution in [-0.2, 0) is 0 Å². The van der Waals surface area contributed by atoms with Gasteiger partial charge in [0.05, 0.1) is 0 Å². The Bertz CT molecular complexity index is 393. The number of benzene rings is 1. The van der Waals surface area contributed by atoms with Crippen molar-refractivity contribution >= 4 is 17.5 Å². The minimum absolute atomic E-state index is 0.105. The number of hydrogen-bond donors (Lipinski definition) is 0. The summed E-state index contributed by atoms with van der Waals surface area (Å²) in [6.45, 7) is 0.685. The number of halogens is 2. The molecule has 0 N–H and O–H groups in total. The molecule has 1 aromatic carbocycles. The summed E-state index contributed by atoms with van der Waals surface area (Å²) < 4.78 is 12.8. The predicted molar refractivity (Wildman–Crippen MR) is 65.5 cm³/mol. The van der Waals surface area contributed by atoms with Gasteiger partial charge in [-0.25, -0.2) is 4.39 Å². The molecule has 1 saturated heterocycles. The summed E-state index contributed by atoms with van der Waals surface area (Å²) in [7, 11) is 0. The van der Waals surface area contributed by atoms with Gasteiger partial charge in [-0.3, -0.25) is 4.79 Å². The molecule has 4 heteroatoms. The molecule has 1 heterocycles. The van der Waals surface area contributed by atoms with E-state index >= 15 is 0 Å². The summed E-state index contributed by atoms with van der Waals surface area (Å²) >= 11 is 6.19. The van der Waals surface area contributed by atoms with Crippen LogP contribution in [0.25, 0.3) is 0 Å². The Morgan fingerprint density at radius 2 is 1.94 bits per heavy atom. The van der Waals surface area contributed by atoms with Gasteiger partial charge in [0.2, 0.25) is 0 Å². The maximum absolute atomic E-state index is 12.8. The van der Waals surface area contributed by atoms with E-state index in [0.29, 0.717) is 12.1 Å². The second-order valence-electron chi connectivity index (χ2n) is 4.29. The molecule has 0 radical (unpaired) electrons. The van der Waals surface area contributed by atoms with Gasteiger partial charge in [0.1, 0.15) is 11.3 Å². The van der Waals surface area contributed by atoms with Gasteiger partial charge in [0.25, 0.3) is 5.91 Å². The smallest absolute Gasteiger partial charge is 0.255 e. The number of carbonyl (C=O) groups is 1. The average molecular weight is 256 g/mol. The molecular weight excluding hydrogens is 241 g/mol. The number of alkyl halides is 1. The molecule has 1 atom stereocenters. The fraction of sp³-hybridized carbons (Fsp3) is 0.462. The van der Waals surface area contributed by atoms with Crippen LogP contribution in [0.1, 0.15) is 36.0 Å². The van der Waals surface area contributed by atoms with Crippen LogP contribution in [0.5, 0.6) is 0 Å². The predicted octanol–water partition coefficient (Wildman–Crippen LogP) is 3.41. The highest BCUT2D eigenvalue weighted by Gasteiger charge is 2.24. The third-order valence-electron chi connectivity index (χ3n) is 3.03. The molecule has 0 bridgehead atoms. The van der Waals surface area contributed by atoms with Crippen LogP contribution in [0.15, 0.2) is 24.3 Å². The molecule has 1 aromatic rings. The molecule has 92 valence electrons. The van der Waals surface area contributed by atoms with E-state index in [9.17, 15) is 9.18 Å². The summed E-state index contributed by atoms with van der Waals surface area (Å²) in [5.74, 6) is -0.438. The Kier molecular flexibility index (Phi) is 4.00. The minimum Gasteiger partial charge on any atom is -0.322 e. The van der Waals surface area contributed by atoms with Crippen molar-refractivity contribution in [2.24, 2.45) is 0 Å². The Labute approximate surface area is 105 Å². The van der Waals surface area contributed by atoms with Crippen LogP contribution in [0.2, 0.25) is 0 Å². The maximum atomic E-state index is 12.8. The van der Waals surface area contributed by atoms with Crippen LogP contribution in [0, 0.1) is 5.82 Å². The first-order valence-corrected chi connectivity index (χ1v) is 6.33. The number of hydrogen-bond acceptors (Lipinski definition) is 1. The first kappa shape index (κ1) is 12.4. The second-order valence-corrected chi connectivity index (χ2v) is 4.79. The van der Waals surface area contributed by atoms with Gasteiger partial charge in [-0.1, -0.05) is 24.4 Å². The lowest BCUT2D eigenvalue weighted by Crippen LogP contribution is -2.36. The monoisotopic (exact) mass is 255 g/mol. The van der Waals surface area contributed by atoms with E-state index in [2.05, 4.69) is 0 Å². The molecule has 1 amide bonds. The fourth-order valence-electron chi connectivity index (χ4n) is 2.05. The summed E-state index contributed by atoms with van der Waals surface area (Å²) in [4.78, 5) is 13.9. The summed E-state index contributed by atoms with van der Waals surface area (Å²) in [6.07, 6.45) is 3.97. The van der Waals surface area contributed by atoms with Crippen LogP contribution in [0.3, 0.4) is 0 Å². The van der Waals surface area contributed by atoms with Crippen molar-refractivity contribution in [2.75, 3.05) is 6.54 Å². The maximum Gasteiger partial charge on any atom is 0.255 e. The standard InChI is InChI=1S/C13H15ClFNO/c14-12-4-2-1-3-9-16(12)13(17)10-5-7-11(15)8-6-10/h5-8,12H,1-4,9H2/t12-/m0/s1. The molecule has 1 fully saturated rings. The van der Waals surface area contributed by atoms with Crippen molar-refractivity contribution in [1.29, 1.82) is 0 Å². The lowest BCUT2D eigenvalue weighted by atomic mass is 10.2. The van der Waals surface area contributed by atoms with Gasteiger partial charge in [-0.15, -0.1) is 0 Å². The van der Waals surface area contributed by atoms with Crippen LogP contribution in [0.4, 0.5) is 4.39 Å². The second kappa shape index (κ2) is 5.50. The van der Waals surface area contributed by atoms with Gasteiger partial charge < -0.3 is 4.90 Å². The molecule has 1 aliphatic rings. The first-order chi connectivity index (χ1) is 8.18. The number of rotatable bonds is 1. The summed E-state index contributed by atoms with van der Waals surface area (Å²) in [6, 6.07) is 5.61. The SMILES string of the molecule is O=C(c1ccc(F)cc1)N1CCCCC[C@H]1Cl. The van der Waals surface area contributed by atoms with Gasteiger partial charge in [0.15, 0.2) is 0 Å². The number of carbonyl (C=O) groups excluding carboxylic acids is 1. The highest BCUT2D eigenvalue weighted by molar-refractivity contribution is 6.21. The minimum atomic E-state index is -0.333. The Balaban J connectivity index is 2.15. The summed E-state index contributed by atoms with van der Waals surface area (Å²) in [5.41, 5.74) is 0.258. The van der Waals surface area contributed by atoms with Crippen molar-refractivity contribution in [3.05, 3.63) is 35.6 Å². The topological polar surface area (TPSA) is 20.3 Å². The number of likely N-dealkylation sites (tertiary alicyclic amines) is 1. The first-order valence-electron chi connectivity index (χ1n) is 5.89. The zero-order chi connectivity index (χ0) is 12.3. The van der Waals surface area contributed by atoms with E-state index in [1.807, 2.05) is 0 Å². The molecule has 1 aliphatic heterocycles. The Morgan fingerprint density at radius 3 is 2.65 bits per heavy atom. The van der Waals surface area contributed by atoms with Crippen LogP contribution in [-0.4, -0.2) is 22.9 Å². The Morgan fingerprint density at radius 1 is 1.24 bits per heavy atom. The van der Waals surface area contributed by atoms with E-state index < -0.39 is 0 Å². The van der Waals surface area contributed by atoms with Crippen molar-refractivity contribution in [3.8, 4) is 0 Å². The summed E-state index contributed by atoms with van der Waals surface area (Å²) in [5, 5.41) is 0. The van der Waals surface area contributed by atoms with E-state index in [1.165, 1.54) is 24.3 Å². The van der Waals surface area contributed by atoms with E-state index in [4.69, 9.17) is 11.6 Å². The quantitative estimate of drug-likeness (QED) is 0.556. The van der Waals surface area contributed by atoms with E-state index in [0.717, 1.165) is 25.7 Å². The largest absolute Gasteiger partial charge is 0.322 e. The third-order valence-corrected chi connectivity index (χ3v) is 3.49. The molecule has 0 unspecified atom stereocenters. The van der Waals surface area contributed by atoms with Gasteiger partial charge in [-0.05, 0) is 37.1 Å². The van der Waals surface area contributed by atoms with Crippen molar-refractivity contribution in [1.82, 2.24) is 4.90 Å². The molecule has 0 saturated carbocycles. The lowest BCUT2D eigenvalue weighted by molar-refractivity contribution is 0.0738. The zero-order valence-electron chi connectivity index (χ0n) is 9.53. The molecule has 0 aromatic heterocycles. The zero-order valence-corrected chi connectivity index (χ0v) is 10.3. The van der Waals surface area contributed by atoms with Crippen molar-refractivity contribution < 1.29 is 9.18 Å². The van der Waals surface area contributed by atoms with Gasteiger partial charge in [-0.2, -0.15) is 0 Å². The van der Waals surface area contributed by atoms with Crippen LogP contribution < -0.4 is 0 Å². The van der Waals surface area contributed by atoms with Crippen LogP contribution >= 0.6 is 11.6 Å². The number of amides is 1. The number of nitrogens with zero attached hydrogens (tertiary/aromatic N) is 1. The highest BCUT2D eigenvalue weighted by Crippen LogP contribution is 2.21. The molecule has 2 rings (SSSR count). The molecule has 0 spiro atoms.